The van der Waals surface area contributed by atoms with Crippen LogP contribution in [0.1, 0.15) is 71.4 Å². The van der Waals surface area contributed by atoms with Crippen molar-refractivity contribution < 1.29 is 14.4 Å². The Labute approximate surface area is 203 Å². The van der Waals surface area contributed by atoms with Crippen LogP contribution in [0.15, 0.2) is 48.5 Å². The van der Waals surface area contributed by atoms with Crippen molar-refractivity contribution in [2.24, 2.45) is 10.8 Å². The molecular weight excluding hydrogens is 424 g/mol. The summed E-state index contributed by atoms with van der Waals surface area (Å²) in [5.74, 6) is 0.211. The van der Waals surface area contributed by atoms with Gasteiger partial charge in [-0.3, -0.25) is 14.4 Å². The molecule has 2 aromatic rings. The molecule has 0 radical (unpaired) electrons. The molecule has 0 N–H and O–H groups in total. The van der Waals surface area contributed by atoms with Gasteiger partial charge in [-0.1, -0.05) is 62.1 Å². The van der Waals surface area contributed by atoms with E-state index in [1.165, 1.54) is 0 Å². The summed E-state index contributed by atoms with van der Waals surface area (Å²) in [6.45, 7) is 9.64. The molecule has 2 fully saturated rings. The molecular formula is C29H36N2O3. The number of ketones is 1. The molecule has 2 amide bonds. The van der Waals surface area contributed by atoms with E-state index >= 15 is 0 Å². The number of rotatable bonds is 6. The van der Waals surface area contributed by atoms with Crippen LogP contribution in [0.25, 0.3) is 0 Å². The minimum absolute atomic E-state index is 0.0215. The number of Topliss-reactive ketones (excluding diaryl/α,β-unsaturated/α-hetero) is 1. The number of fused-ring (bicyclic) bond motifs is 2. The average Bonchev–Trinajstić information content (AvgIpc) is 2.81. The first-order valence-electron chi connectivity index (χ1n) is 12.5. The lowest BCUT2D eigenvalue weighted by Gasteiger charge is -2.57. The third-order valence-corrected chi connectivity index (χ3v) is 7.57. The second-order valence-corrected chi connectivity index (χ2v) is 10.4. The van der Waals surface area contributed by atoms with Crippen molar-refractivity contribution in [1.29, 1.82) is 0 Å². The van der Waals surface area contributed by atoms with Gasteiger partial charge in [0.2, 0.25) is 0 Å². The van der Waals surface area contributed by atoms with E-state index in [4.69, 9.17) is 0 Å². The van der Waals surface area contributed by atoms with Gasteiger partial charge < -0.3 is 9.80 Å². The normalized spacial score (nSPS) is 24.3. The first-order chi connectivity index (χ1) is 16.2. The third-order valence-electron chi connectivity index (χ3n) is 7.57. The minimum Gasteiger partial charge on any atom is -0.336 e. The quantitative estimate of drug-likeness (QED) is 0.606. The summed E-state index contributed by atoms with van der Waals surface area (Å²) in [6.07, 6.45) is 3.00. The molecule has 0 atom stereocenters. The van der Waals surface area contributed by atoms with Crippen LogP contribution in [0.2, 0.25) is 0 Å². The van der Waals surface area contributed by atoms with Crippen LogP contribution in [0.3, 0.4) is 0 Å². The highest BCUT2D eigenvalue weighted by atomic mass is 16.2. The van der Waals surface area contributed by atoms with Gasteiger partial charge in [-0.05, 0) is 51.0 Å². The molecule has 2 saturated heterocycles. The highest BCUT2D eigenvalue weighted by Gasteiger charge is 2.60. The fourth-order valence-corrected chi connectivity index (χ4v) is 6.07. The molecule has 4 rings (SSSR count). The molecule has 2 bridgehead atoms. The number of amides is 2. The maximum Gasteiger partial charge on any atom is 0.253 e. The highest BCUT2D eigenvalue weighted by molar-refractivity contribution is 6.01. The minimum atomic E-state index is -0.721. The topological polar surface area (TPSA) is 57.7 Å². The number of hydrogen-bond acceptors (Lipinski definition) is 3. The predicted octanol–water partition coefficient (Wildman–Crippen LogP) is 5.06. The van der Waals surface area contributed by atoms with E-state index in [1.807, 2.05) is 72.2 Å². The molecule has 5 nitrogen and oxygen atoms in total. The second kappa shape index (κ2) is 9.36. The van der Waals surface area contributed by atoms with E-state index < -0.39 is 10.8 Å². The van der Waals surface area contributed by atoms with Gasteiger partial charge >= 0.3 is 0 Å². The van der Waals surface area contributed by atoms with Crippen molar-refractivity contribution in [2.75, 3.05) is 26.2 Å². The summed E-state index contributed by atoms with van der Waals surface area (Å²) in [5, 5.41) is 0. The molecule has 2 aromatic carbocycles. The van der Waals surface area contributed by atoms with Gasteiger partial charge in [-0.25, -0.2) is 0 Å². The molecule has 5 heteroatoms. The van der Waals surface area contributed by atoms with Gasteiger partial charge in [0.05, 0.1) is 10.8 Å². The van der Waals surface area contributed by atoms with Crippen LogP contribution >= 0.6 is 0 Å². The summed E-state index contributed by atoms with van der Waals surface area (Å²) in [6, 6.07) is 15.3. The zero-order valence-corrected chi connectivity index (χ0v) is 20.9. The lowest BCUT2D eigenvalue weighted by Crippen LogP contribution is -2.71. The summed E-state index contributed by atoms with van der Waals surface area (Å²) < 4.78 is 0. The van der Waals surface area contributed by atoms with Crippen molar-refractivity contribution in [3.63, 3.8) is 0 Å². The van der Waals surface area contributed by atoms with E-state index in [1.54, 1.807) is 0 Å². The van der Waals surface area contributed by atoms with Gasteiger partial charge in [-0.2, -0.15) is 0 Å². The molecule has 0 aromatic heterocycles. The SMILES string of the molecule is CCCC12CN(C(=O)c3ccc(C)cc3)CC(CCC)(CN(C(=O)c3ccc(C)cc3)C1)C2=O. The standard InChI is InChI=1S/C29H36N2O3/c1-5-15-28-17-30(25(32)23-11-7-21(3)8-12-23)19-29(16-6-2,27(28)34)20-31(18-28)26(33)24-13-9-22(4)10-14-24/h7-14H,5-6,15-20H2,1-4H3. The average molecular weight is 461 g/mol. The fourth-order valence-electron chi connectivity index (χ4n) is 6.07. The Morgan fingerprint density at radius 2 is 1.00 bits per heavy atom. The first-order valence-corrected chi connectivity index (χ1v) is 12.5. The van der Waals surface area contributed by atoms with Gasteiger partial charge in [0.15, 0.2) is 5.78 Å². The molecule has 180 valence electrons. The van der Waals surface area contributed by atoms with E-state index in [9.17, 15) is 14.4 Å². The van der Waals surface area contributed by atoms with Crippen molar-refractivity contribution in [1.82, 2.24) is 9.80 Å². The Bertz CT molecular complexity index is 974. The van der Waals surface area contributed by atoms with Crippen LogP contribution in [0, 0.1) is 24.7 Å². The molecule has 0 saturated carbocycles. The Hall–Kier alpha value is -2.95. The smallest absolute Gasteiger partial charge is 0.253 e. The van der Waals surface area contributed by atoms with Gasteiger partial charge in [0, 0.05) is 37.3 Å². The molecule has 0 unspecified atom stereocenters. The Morgan fingerprint density at radius 1 is 0.676 bits per heavy atom. The summed E-state index contributed by atoms with van der Waals surface area (Å²) in [4.78, 5) is 44.9. The largest absolute Gasteiger partial charge is 0.336 e. The predicted molar refractivity (Wildman–Crippen MR) is 134 cm³/mol. The van der Waals surface area contributed by atoms with E-state index in [0.717, 1.165) is 24.0 Å². The number of carbonyl (C=O) groups is 3. The molecule has 2 heterocycles. The zero-order valence-electron chi connectivity index (χ0n) is 20.9. The number of hydrogen-bond donors (Lipinski definition) is 0. The monoisotopic (exact) mass is 460 g/mol. The van der Waals surface area contributed by atoms with Crippen LogP contribution in [-0.2, 0) is 4.79 Å². The van der Waals surface area contributed by atoms with Crippen molar-refractivity contribution >= 4 is 17.6 Å². The van der Waals surface area contributed by atoms with Crippen LogP contribution in [0.4, 0.5) is 0 Å². The fraction of sp³-hybridized carbons (Fsp3) is 0.483. The van der Waals surface area contributed by atoms with Crippen molar-refractivity contribution in [2.45, 2.75) is 53.4 Å². The van der Waals surface area contributed by atoms with Crippen LogP contribution in [-0.4, -0.2) is 53.6 Å². The number of aryl methyl sites for hydroxylation is 2. The van der Waals surface area contributed by atoms with Crippen molar-refractivity contribution in [3.8, 4) is 0 Å². The molecule has 0 aliphatic carbocycles. The van der Waals surface area contributed by atoms with Crippen LogP contribution in [0.5, 0.6) is 0 Å². The lowest BCUT2D eigenvalue weighted by atomic mass is 9.59. The lowest BCUT2D eigenvalue weighted by molar-refractivity contribution is -0.158. The first kappa shape index (κ1) is 24.2. The van der Waals surface area contributed by atoms with Gasteiger partial charge in [-0.15, -0.1) is 0 Å². The maximum atomic E-state index is 14.1. The number of benzene rings is 2. The highest BCUT2D eigenvalue weighted by Crippen LogP contribution is 2.48. The number of piperidine rings is 2. The second-order valence-electron chi connectivity index (χ2n) is 10.4. The van der Waals surface area contributed by atoms with Gasteiger partial charge in [0.25, 0.3) is 11.8 Å². The molecule has 2 aliphatic heterocycles. The number of likely N-dealkylation sites (tertiary alicyclic amines) is 2. The Kier molecular flexibility index (Phi) is 6.66. The third kappa shape index (κ3) is 4.28. The Morgan fingerprint density at radius 3 is 1.29 bits per heavy atom. The number of carbonyl (C=O) groups excluding carboxylic acids is 3. The van der Waals surface area contributed by atoms with E-state index in [0.29, 0.717) is 50.1 Å². The summed E-state index contributed by atoms with van der Waals surface area (Å²) >= 11 is 0. The molecule has 2 aliphatic rings. The van der Waals surface area contributed by atoms with E-state index in [-0.39, 0.29) is 17.6 Å². The summed E-state index contributed by atoms with van der Waals surface area (Å²) in [7, 11) is 0. The van der Waals surface area contributed by atoms with Gasteiger partial charge in [0.1, 0.15) is 0 Å². The molecule has 34 heavy (non-hydrogen) atoms. The van der Waals surface area contributed by atoms with Crippen LogP contribution < -0.4 is 0 Å². The van der Waals surface area contributed by atoms with E-state index in [2.05, 4.69) is 13.8 Å². The summed E-state index contributed by atoms with van der Waals surface area (Å²) in [5.41, 5.74) is 2.09. The van der Waals surface area contributed by atoms with Crippen molar-refractivity contribution in [3.05, 3.63) is 70.8 Å². The zero-order chi connectivity index (χ0) is 24.5. The maximum absolute atomic E-state index is 14.1. The number of nitrogens with zero attached hydrogens (tertiary/aromatic N) is 2. The molecule has 0 spiro atoms. The Balaban J connectivity index is 1.71.